The quantitative estimate of drug-likeness (QED) is 0.448. The molecule has 2 N–H and O–H groups in total. The van der Waals surface area contributed by atoms with Crippen LogP contribution in [0, 0.1) is 0 Å². The average molecular weight is 193 g/mol. The normalized spacial score (nSPS) is 8.71. The molecule has 74 valence electrons. The highest BCUT2D eigenvalue weighted by atomic mass is 16.5. The van der Waals surface area contributed by atoms with Gasteiger partial charge in [0.15, 0.2) is 5.69 Å². The molecule has 0 fully saturated rings. The second kappa shape index (κ2) is 4.89. The molecule has 0 aliphatic heterocycles. The average Bonchev–Trinajstić information content (AvgIpc) is 2.25. The molecule has 0 heterocycles. The summed E-state index contributed by atoms with van der Waals surface area (Å²) in [6.07, 6.45) is 0. The van der Waals surface area contributed by atoms with Gasteiger partial charge in [-0.25, -0.2) is 0 Å². The third-order valence-electron chi connectivity index (χ3n) is 1.62. The lowest BCUT2D eigenvalue weighted by Gasteiger charge is -2.07. The van der Waals surface area contributed by atoms with Crippen LogP contribution in [0.4, 0.5) is 5.69 Å². The van der Waals surface area contributed by atoms with E-state index in [1.165, 1.54) is 0 Å². The Balaban J connectivity index is 3.25. The molecule has 1 aromatic carbocycles. The summed E-state index contributed by atoms with van der Waals surface area (Å²) in [6, 6.07) is 7.61. The smallest absolute Gasteiger partial charge is 0.158 e. The van der Waals surface area contributed by atoms with E-state index in [9.17, 15) is 0 Å². The molecule has 0 aromatic heterocycles. The minimum Gasteiger partial charge on any atom is -0.494 e. The van der Waals surface area contributed by atoms with Crippen LogP contribution < -0.4 is 15.3 Å². The van der Waals surface area contributed by atoms with Crippen molar-refractivity contribution in [2.45, 2.75) is 0 Å². The highest BCUT2D eigenvalue weighted by Crippen LogP contribution is 2.36. The standard InChI is InChI=1S/C9H11N3O2/c1-13-7-4-3-5-8(14-2)9(7)11-6-12-10/h3-5H,10H2,1-2H3. The Kier molecular flexibility index (Phi) is 3.52. The molecular formula is C9H11N3O2. The predicted molar refractivity (Wildman–Crippen MR) is 53.3 cm³/mol. The van der Waals surface area contributed by atoms with Gasteiger partial charge < -0.3 is 15.3 Å². The molecule has 1 rings (SSSR count). The maximum Gasteiger partial charge on any atom is 0.158 e. The number of hydrogen-bond acceptors (Lipinski definition) is 5. The molecule has 0 unspecified atom stereocenters. The molecule has 14 heavy (non-hydrogen) atoms. The lowest BCUT2D eigenvalue weighted by Crippen LogP contribution is -1.88. The van der Waals surface area contributed by atoms with E-state index in [0.717, 1.165) is 0 Å². The van der Waals surface area contributed by atoms with Crippen molar-refractivity contribution >= 4 is 11.7 Å². The fourth-order valence-electron chi connectivity index (χ4n) is 1.02. The number of aliphatic imine (C=N–C) groups is 1. The maximum absolute atomic E-state index is 5.09. The second-order valence-corrected chi connectivity index (χ2v) is 2.35. The Bertz CT molecular complexity index is 348. The fraction of sp³-hybridized carbons (Fsp3) is 0.222. The van der Waals surface area contributed by atoms with Crippen molar-refractivity contribution in [1.29, 1.82) is 0 Å². The van der Waals surface area contributed by atoms with Crippen LogP contribution in [0.25, 0.3) is 0 Å². The third kappa shape index (κ3) is 2.02. The fourth-order valence-corrected chi connectivity index (χ4v) is 1.02. The van der Waals surface area contributed by atoms with Crippen molar-refractivity contribution in [1.82, 2.24) is 0 Å². The van der Waals surface area contributed by atoms with Gasteiger partial charge in [0.2, 0.25) is 0 Å². The first kappa shape index (κ1) is 10.1. The molecule has 0 aliphatic rings. The van der Waals surface area contributed by atoms with Crippen LogP contribution >= 0.6 is 0 Å². The van der Waals surface area contributed by atoms with Crippen molar-refractivity contribution < 1.29 is 9.47 Å². The van der Waals surface area contributed by atoms with Crippen LogP contribution in [0.15, 0.2) is 28.3 Å². The number of benzene rings is 1. The van der Waals surface area contributed by atoms with Crippen LogP contribution in [0.3, 0.4) is 0 Å². The van der Waals surface area contributed by atoms with E-state index in [-0.39, 0.29) is 0 Å². The van der Waals surface area contributed by atoms with Gasteiger partial charge >= 0.3 is 0 Å². The molecule has 0 amide bonds. The molecule has 1 aromatic rings. The number of nitrogens with zero attached hydrogens (tertiary/aromatic N) is 2. The first-order valence-electron chi connectivity index (χ1n) is 3.90. The monoisotopic (exact) mass is 193 g/mol. The molecule has 0 bridgehead atoms. The molecule has 0 aliphatic carbocycles. The Hall–Kier alpha value is -2.00. The molecular weight excluding hydrogens is 182 g/mol. The highest BCUT2D eigenvalue weighted by Gasteiger charge is 2.07. The highest BCUT2D eigenvalue weighted by molar-refractivity contribution is 5.66. The molecule has 0 atom stereocenters. The van der Waals surface area contributed by atoms with Crippen molar-refractivity contribution in [3.63, 3.8) is 0 Å². The first-order chi connectivity index (χ1) is 6.83. The Morgan fingerprint density at radius 3 is 2.21 bits per heavy atom. The molecule has 0 saturated carbocycles. The van der Waals surface area contributed by atoms with Crippen molar-refractivity contribution in [2.75, 3.05) is 14.2 Å². The van der Waals surface area contributed by atoms with E-state index in [0.29, 0.717) is 17.2 Å². The lowest BCUT2D eigenvalue weighted by molar-refractivity contribution is 0.397. The maximum atomic E-state index is 5.09. The van der Waals surface area contributed by atoms with E-state index < -0.39 is 0 Å². The van der Waals surface area contributed by atoms with Crippen LogP contribution in [-0.2, 0) is 0 Å². The Morgan fingerprint density at radius 1 is 1.21 bits per heavy atom. The Labute approximate surface area is 81.9 Å². The third-order valence-corrected chi connectivity index (χ3v) is 1.62. The van der Waals surface area contributed by atoms with Crippen LogP contribution in [-0.4, -0.2) is 20.2 Å². The number of methoxy groups -OCH3 is 2. The molecule has 5 heteroatoms. The number of rotatable bonds is 3. The second-order valence-electron chi connectivity index (χ2n) is 2.35. The van der Waals surface area contributed by atoms with Gasteiger partial charge in [-0.3, -0.25) is 0 Å². The van der Waals surface area contributed by atoms with Gasteiger partial charge in [-0.05, 0) is 12.1 Å². The first-order valence-corrected chi connectivity index (χ1v) is 3.90. The zero-order valence-electron chi connectivity index (χ0n) is 8.02. The van der Waals surface area contributed by atoms with Gasteiger partial charge in [0.1, 0.15) is 17.5 Å². The SMILES string of the molecule is COc1cccc(OC)c1N=C=NN. The number of para-hydroxylation sites is 1. The molecule has 0 radical (unpaired) electrons. The molecule has 0 saturated heterocycles. The summed E-state index contributed by atoms with van der Waals surface area (Å²) in [4.78, 5) is 3.87. The van der Waals surface area contributed by atoms with Gasteiger partial charge in [0.25, 0.3) is 0 Å². The summed E-state index contributed by atoms with van der Waals surface area (Å²) in [5, 5.41) is 3.15. The van der Waals surface area contributed by atoms with Gasteiger partial charge in [-0.2, -0.15) is 4.99 Å². The van der Waals surface area contributed by atoms with Gasteiger partial charge in [0.05, 0.1) is 14.2 Å². The van der Waals surface area contributed by atoms with Crippen LogP contribution in [0.1, 0.15) is 0 Å². The summed E-state index contributed by atoms with van der Waals surface area (Å²) in [5.74, 6) is 6.07. The van der Waals surface area contributed by atoms with Crippen LogP contribution in [0.2, 0.25) is 0 Å². The number of ether oxygens (including phenoxy) is 2. The summed E-state index contributed by atoms with van der Waals surface area (Å²) >= 11 is 0. The number of hydrogen-bond donors (Lipinski definition) is 1. The minimum absolute atomic E-state index is 0.520. The van der Waals surface area contributed by atoms with Crippen molar-refractivity contribution in [3.8, 4) is 11.5 Å². The van der Waals surface area contributed by atoms with Gasteiger partial charge in [-0.15, -0.1) is 5.10 Å². The summed E-state index contributed by atoms with van der Waals surface area (Å²) < 4.78 is 10.2. The van der Waals surface area contributed by atoms with E-state index in [1.807, 2.05) is 0 Å². The van der Waals surface area contributed by atoms with Gasteiger partial charge in [-0.1, -0.05) is 6.07 Å². The molecule has 0 spiro atoms. The number of hydrazone groups is 1. The van der Waals surface area contributed by atoms with E-state index in [4.69, 9.17) is 15.3 Å². The zero-order valence-corrected chi connectivity index (χ0v) is 8.02. The minimum atomic E-state index is 0.520. The summed E-state index contributed by atoms with van der Waals surface area (Å²) in [7, 11) is 3.10. The largest absolute Gasteiger partial charge is 0.494 e. The summed E-state index contributed by atoms with van der Waals surface area (Å²) in [5.41, 5.74) is 0.520. The van der Waals surface area contributed by atoms with E-state index in [2.05, 4.69) is 16.1 Å². The Morgan fingerprint density at radius 2 is 1.79 bits per heavy atom. The van der Waals surface area contributed by atoms with E-state index in [1.54, 1.807) is 32.4 Å². The van der Waals surface area contributed by atoms with Crippen molar-refractivity contribution in [3.05, 3.63) is 18.2 Å². The summed E-state index contributed by atoms with van der Waals surface area (Å²) in [6.45, 7) is 0. The van der Waals surface area contributed by atoms with Crippen LogP contribution in [0.5, 0.6) is 11.5 Å². The van der Waals surface area contributed by atoms with Crippen molar-refractivity contribution in [2.24, 2.45) is 15.9 Å². The number of nitrogens with two attached hydrogens (primary N) is 1. The topological polar surface area (TPSA) is 69.2 Å². The lowest BCUT2D eigenvalue weighted by atomic mass is 10.3. The van der Waals surface area contributed by atoms with Gasteiger partial charge in [0, 0.05) is 0 Å². The zero-order chi connectivity index (χ0) is 10.4. The predicted octanol–water partition coefficient (Wildman–Crippen LogP) is 1.38. The molecule has 5 nitrogen and oxygen atoms in total. The van der Waals surface area contributed by atoms with E-state index >= 15 is 0 Å².